The minimum Gasteiger partial charge on any atom is -0.377 e. The highest BCUT2D eigenvalue weighted by molar-refractivity contribution is 6.66. The number of ether oxygens (including phenoxy) is 1. The first-order chi connectivity index (χ1) is 8.08. The molecular formula is C11H17ClN4O. The Morgan fingerprint density at radius 3 is 2.35 bits per heavy atom. The molecule has 0 saturated carbocycles. The van der Waals surface area contributed by atoms with Crippen molar-refractivity contribution in [2.45, 2.75) is 38.8 Å². The second kappa shape index (κ2) is 5.14. The number of hydrogen-bond donors (Lipinski definition) is 1. The minimum absolute atomic E-state index is 0.126. The summed E-state index contributed by atoms with van der Waals surface area (Å²) in [6.45, 7) is 5.04. The minimum atomic E-state index is 0.126. The molecule has 2 rings (SSSR count). The Morgan fingerprint density at radius 1 is 1.24 bits per heavy atom. The van der Waals surface area contributed by atoms with E-state index in [-0.39, 0.29) is 11.1 Å². The second-order valence-corrected chi connectivity index (χ2v) is 4.79. The van der Waals surface area contributed by atoms with E-state index >= 15 is 0 Å². The lowest BCUT2D eigenvalue weighted by Crippen LogP contribution is -2.48. The summed E-state index contributed by atoms with van der Waals surface area (Å²) in [7, 11) is 0. The summed E-state index contributed by atoms with van der Waals surface area (Å²) in [5, 5.41) is 7.36. The summed E-state index contributed by atoms with van der Waals surface area (Å²) in [4.78, 5) is 10.3. The highest BCUT2D eigenvalue weighted by Gasteiger charge is 2.37. The summed E-state index contributed by atoms with van der Waals surface area (Å²) >= 11 is 5.87. The topological polar surface area (TPSA) is 61.0 Å². The van der Waals surface area contributed by atoms with Gasteiger partial charge in [0.15, 0.2) is 0 Å². The molecule has 2 heterocycles. The highest BCUT2D eigenvalue weighted by atomic mass is 35.5. The zero-order valence-corrected chi connectivity index (χ0v) is 10.9. The largest absolute Gasteiger partial charge is 0.377 e. The van der Waals surface area contributed by atoms with Crippen LogP contribution in [0.2, 0.25) is 0 Å². The van der Waals surface area contributed by atoms with Gasteiger partial charge in [0, 0.05) is 0 Å². The third-order valence-corrected chi connectivity index (χ3v) is 3.30. The molecule has 0 aromatic rings. The molecule has 0 aliphatic carbocycles. The molecule has 0 aromatic heterocycles. The Hall–Kier alpha value is -0.940. The zero-order chi connectivity index (χ0) is 12.4. The fourth-order valence-electron chi connectivity index (χ4n) is 2.51. The maximum absolute atomic E-state index is 7.23. The first-order valence-electron chi connectivity index (χ1n) is 5.78. The Bertz CT molecular complexity index is 364. The summed E-state index contributed by atoms with van der Waals surface area (Å²) in [6, 6.07) is 0.839. The van der Waals surface area contributed by atoms with Crippen molar-refractivity contribution in [3.05, 3.63) is 0 Å². The van der Waals surface area contributed by atoms with Crippen LogP contribution in [0.5, 0.6) is 0 Å². The molecule has 0 amide bonds. The van der Waals surface area contributed by atoms with E-state index in [0.717, 1.165) is 31.9 Å². The van der Waals surface area contributed by atoms with Crippen LogP contribution >= 0.6 is 11.6 Å². The molecule has 2 fully saturated rings. The summed E-state index contributed by atoms with van der Waals surface area (Å²) in [5.74, 6) is 1.03. The number of halogens is 1. The first-order valence-corrected chi connectivity index (χ1v) is 6.16. The van der Waals surface area contributed by atoms with E-state index < -0.39 is 0 Å². The molecule has 2 bridgehead atoms. The second-order valence-electron chi connectivity index (χ2n) is 4.45. The van der Waals surface area contributed by atoms with Crippen molar-refractivity contribution in [3.63, 3.8) is 0 Å². The smallest absolute Gasteiger partial charge is 0.225 e. The van der Waals surface area contributed by atoms with Gasteiger partial charge in [0.2, 0.25) is 5.29 Å². The third kappa shape index (κ3) is 2.84. The standard InChI is InChI=1S/C11H17ClN4O/c1-7(13)14-11(12)15-8(2)16-9-3-4-10(16)6-17-5-9/h9-10,13H,3-6H2,1-2H3/b13-7?,14-11-,15-8+. The van der Waals surface area contributed by atoms with Gasteiger partial charge in [-0.1, -0.05) is 0 Å². The predicted octanol–water partition coefficient (Wildman–Crippen LogP) is 1.86. The van der Waals surface area contributed by atoms with E-state index in [2.05, 4.69) is 14.9 Å². The van der Waals surface area contributed by atoms with Gasteiger partial charge >= 0.3 is 0 Å². The summed E-state index contributed by atoms with van der Waals surface area (Å²) in [5.41, 5.74) is 0. The Kier molecular flexibility index (Phi) is 3.79. The lowest BCUT2D eigenvalue weighted by Gasteiger charge is -2.35. The van der Waals surface area contributed by atoms with Crippen LogP contribution in [0.1, 0.15) is 26.7 Å². The molecular weight excluding hydrogens is 240 g/mol. The molecule has 94 valence electrons. The van der Waals surface area contributed by atoms with Gasteiger partial charge < -0.3 is 9.64 Å². The van der Waals surface area contributed by atoms with Gasteiger partial charge in [-0.2, -0.15) is 0 Å². The van der Waals surface area contributed by atoms with Crippen LogP contribution in [0, 0.1) is 5.41 Å². The van der Waals surface area contributed by atoms with Crippen LogP contribution in [0.15, 0.2) is 9.98 Å². The predicted molar refractivity (Wildman–Crippen MR) is 69.3 cm³/mol. The van der Waals surface area contributed by atoms with Gasteiger partial charge in [-0.05, 0) is 38.3 Å². The van der Waals surface area contributed by atoms with E-state index in [1.165, 1.54) is 0 Å². The number of amidine groups is 3. The fourth-order valence-corrected chi connectivity index (χ4v) is 2.76. The van der Waals surface area contributed by atoms with Crippen molar-refractivity contribution in [3.8, 4) is 0 Å². The maximum atomic E-state index is 7.23. The molecule has 17 heavy (non-hydrogen) atoms. The van der Waals surface area contributed by atoms with Gasteiger partial charge in [-0.25, -0.2) is 9.98 Å². The fraction of sp³-hybridized carbons (Fsp3) is 0.727. The Morgan fingerprint density at radius 2 is 1.82 bits per heavy atom. The van der Waals surface area contributed by atoms with Gasteiger partial charge in [0.05, 0.1) is 25.3 Å². The van der Waals surface area contributed by atoms with E-state index in [1.807, 2.05) is 6.92 Å². The number of fused-ring (bicyclic) bond motifs is 2. The average Bonchev–Trinajstić information content (AvgIpc) is 2.48. The van der Waals surface area contributed by atoms with Crippen LogP contribution in [-0.2, 0) is 4.74 Å². The van der Waals surface area contributed by atoms with Crippen LogP contribution in [0.25, 0.3) is 0 Å². The number of nitrogens with zero attached hydrogens (tertiary/aromatic N) is 3. The lowest BCUT2D eigenvalue weighted by molar-refractivity contribution is 0.0202. The van der Waals surface area contributed by atoms with Crippen molar-refractivity contribution in [2.75, 3.05) is 13.2 Å². The molecule has 6 heteroatoms. The molecule has 5 nitrogen and oxygen atoms in total. The Labute approximate surface area is 106 Å². The monoisotopic (exact) mass is 256 g/mol. The molecule has 2 unspecified atom stereocenters. The first kappa shape index (κ1) is 12.5. The molecule has 2 aliphatic rings. The molecule has 2 atom stereocenters. The highest BCUT2D eigenvalue weighted by Crippen LogP contribution is 2.29. The Balaban J connectivity index is 2.12. The van der Waals surface area contributed by atoms with Crippen molar-refractivity contribution < 1.29 is 4.74 Å². The molecule has 2 aliphatic heterocycles. The van der Waals surface area contributed by atoms with Crippen molar-refractivity contribution in [2.24, 2.45) is 9.98 Å². The van der Waals surface area contributed by atoms with Crippen molar-refractivity contribution in [1.82, 2.24) is 4.90 Å². The van der Waals surface area contributed by atoms with Crippen molar-refractivity contribution in [1.29, 1.82) is 5.41 Å². The molecule has 2 saturated heterocycles. The lowest BCUT2D eigenvalue weighted by atomic mass is 10.2. The molecule has 0 radical (unpaired) electrons. The number of aliphatic imine (C=N–C) groups is 2. The van der Waals surface area contributed by atoms with Crippen LogP contribution in [0.3, 0.4) is 0 Å². The van der Waals surface area contributed by atoms with E-state index in [0.29, 0.717) is 12.1 Å². The zero-order valence-electron chi connectivity index (χ0n) is 10.1. The average molecular weight is 257 g/mol. The van der Waals surface area contributed by atoms with E-state index in [4.69, 9.17) is 21.7 Å². The van der Waals surface area contributed by atoms with Crippen LogP contribution in [-0.4, -0.2) is 47.2 Å². The number of rotatable bonds is 0. The molecule has 0 spiro atoms. The van der Waals surface area contributed by atoms with Crippen LogP contribution in [0.4, 0.5) is 0 Å². The van der Waals surface area contributed by atoms with E-state index in [9.17, 15) is 0 Å². The normalized spacial score (nSPS) is 29.7. The number of nitrogens with one attached hydrogen (secondary N) is 1. The summed E-state index contributed by atoms with van der Waals surface area (Å²) in [6.07, 6.45) is 2.30. The van der Waals surface area contributed by atoms with E-state index in [1.54, 1.807) is 6.92 Å². The third-order valence-electron chi connectivity index (χ3n) is 3.13. The van der Waals surface area contributed by atoms with Crippen molar-refractivity contribution >= 4 is 28.6 Å². The number of hydrogen-bond acceptors (Lipinski definition) is 2. The maximum Gasteiger partial charge on any atom is 0.225 e. The SMILES string of the molecule is CC(=N)/N=C(Cl)\N=C(/C)N1C2CCC1COC2. The van der Waals surface area contributed by atoms with Gasteiger partial charge in [-0.15, -0.1) is 0 Å². The quantitative estimate of drug-likeness (QED) is 0.409. The molecule has 1 N–H and O–H groups in total. The van der Waals surface area contributed by atoms with Crippen LogP contribution < -0.4 is 0 Å². The summed E-state index contributed by atoms with van der Waals surface area (Å²) < 4.78 is 5.51. The van der Waals surface area contributed by atoms with Gasteiger partial charge in [0.1, 0.15) is 11.7 Å². The van der Waals surface area contributed by atoms with Gasteiger partial charge in [-0.3, -0.25) is 5.41 Å². The molecule has 0 aromatic carbocycles. The van der Waals surface area contributed by atoms with Gasteiger partial charge in [0.25, 0.3) is 0 Å². The number of morpholine rings is 1.